The van der Waals surface area contributed by atoms with Gasteiger partial charge in [-0.15, -0.1) is 0 Å². The highest BCUT2D eigenvalue weighted by Crippen LogP contribution is 2.28. The molecule has 0 saturated carbocycles. The van der Waals surface area contributed by atoms with Crippen LogP contribution >= 0.6 is 11.6 Å². The Morgan fingerprint density at radius 1 is 1.24 bits per heavy atom. The van der Waals surface area contributed by atoms with E-state index >= 15 is 0 Å². The van der Waals surface area contributed by atoms with Crippen molar-refractivity contribution in [3.05, 3.63) is 34.9 Å². The van der Waals surface area contributed by atoms with Gasteiger partial charge in [0.25, 0.3) is 0 Å². The Balaban J connectivity index is 2.41. The van der Waals surface area contributed by atoms with Crippen molar-refractivity contribution in [1.82, 2.24) is 10.6 Å². The van der Waals surface area contributed by atoms with E-state index in [0.717, 1.165) is 5.56 Å². The third kappa shape index (κ3) is 6.04. The van der Waals surface area contributed by atoms with Crippen LogP contribution in [0.4, 0.5) is 4.79 Å². The summed E-state index contributed by atoms with van der Waals surface area (Å²) in [5, 5.41) is 14.6. The number of nitrogens with one attached hydrogen (secondary N) is 2. The van der Waals surface area contributed by atoms with Gasteiger partial charge in [-0.25, -0.2) is 4.79 Å². The summed E-state index contributed by atoms with van der Waals surface area (Å²) in [6, 6.07) is 7.24. The summed E-state index contributed by atoms with van der Waals surface area (Å²) in [4.78, 5) is 22.0. The van der Waals surface area contributed by atoms with Crippen LogP contribution in [0.2, 0.25) is 5.02 Å². The zero-order valence-electron chi connectivity index (χ0n) is 12.3. The molecule has 0 bridgehead atoms. The number of urea groups is 1. The Morgan fingerprint density at radius 3 is 2.52 bits per heavy atom. The maximum Gasteiger partial charge on any atom is 0.314 e. The predicted octanol–water partition coefficient (Wildman–Crippen LogP) is 2.78. The van der Waals surface area contributed by atoms with E-state index in [4.69, 9.17) is 16.7 Å². The van der Waals surface area contributed by atoms with Crippen LogP contribution in [0.1, 0.15) is 32.3 Å². The first-order valence-electron chi connectivity index (χ1n) is 6.81. The number of carbonyl (C=O) groups is 2. The molecule has 116 valence electrons. The first-order chi connectivity index (χ1) is 9.83. The van der Waals surface area contributed by atoms with Crippen LogP contribution in [0.25, 0.3) is 0 Å². The molecular formula is C15H21ClN2O3. The number of carbonyl (C=O) groups excluding carboxylic acids is 1. The molecule has 0 aromatic heterocycles. The fraction of sp³-hybridized carbons (Fsp3) is 0.467. The first kappa shape index (κ1) is 17.3. The van der Waals surface area contributed by atoms with E-state index in [0.29, 0.717) is 24.5 Å². The lowest BCUT2D eigenvalue weighted by atomic mass is 9.84. The highest BCUT2D eigenvalue weighted by Gasteiger charge is 2.23. The topological polar surface area (TPSA) is 78.4 Å². The number of carboxylic acids is 1. The Bertz CT molecular complexity index is 503. The van der Waals surface area contributed by atoms with Crippen molar-refractivity contribution in [2.75, 3.05) is 13.1 Å². The monoisotopic (exact) mass is 312 g/mol. The zero-order chi connectivity index (χ0) is 15.9. The normalized spacial score (nSPS) is 11.0. The molecule has 0 aliphatic heterocycles. The molecule has 3 N–H and O–H groups in total. The van der Waals surface area contributed by atoms with Crippen molar-refractivity contribution in [1.29, 1.82) is 0 Å². The largest absolute Gasteiger partial charge is 0.481 e. The zero-order valence-corrected chi connectivity index (χ0v) is 13.0. The Morgan fingerprint density at radius 2 is 1.90 bits per heavy atom. The van der Waals surface area contributed by atoms with Gasteiger partial charge in [-0.2, -0.15) is 0 Å². The number of rotatable bonds is 7. The van der Waals surface area contributed by atoms with Gasteiger partial charge in [0.05, 0.1) is 0 Å². The maximum atomic E-state index is 11.6. The Labute approximate surface area is 129 Å². The summed E-state index contributed by atoms with van der Waals surface area (Å²) < 4.78 is 0. The van der Waals surface area contributed by atoms with Crippen LogP contribution in [-0.2, 0) is 10.2 Å². The maximum absolute atomic E-state index is 11.6. The van der Waals surface area contributed by atoms with Crippen LogP contribution in [0.15, 0.2) is 24.3 Å². The van der Waals surface area contributed by atoms with Crippen molar-refractivity contribution in [3.63, 3.8) is 0 Å². The van der Waals surface area contributed by atoms with Gasteiger partial charge in [0.2, 0.25) is 0 Å². The molecule has 1 rings (SSSR count). The average Bonchev–Trinajstić information content (AvgIpc) is 2.41. The van der Waals surface area contributed by atoms with Gasteiger partial charge >= 0.3 is 12.0 Å². The molecule has 2 amide bonds. The Kier molecular flexibility index (Phi) is 6.49. The lowest BCUT2D eigenvalue weighted by Crippen LogP contribution is -2.42. The van der Waals surface area contributed by atoms with Crippen molar-refractivity contribution in [2.45, 2.75) is 32.1 Å². The summed E-state index contributed by atoms with van der Waals surface area (Å²) in [7, 11) is 0. The van der Waals surface area contributed by atoms with Gasteiger partial charge in [0.1, 0.15) is 0 Å². The minimum atomic E-state index is -0.864. The van der Waals surface area contributed by atoms with Crippen LogP contribution in [0.3, 0.4) is 0 Å². The molecular weight excluding hydrogens is 292 g/mol. The molecule has 0 heterocycles. The summed E-state index contributed by atoms with van der Waals surface area (Å²) in [6.45, 7) is 4.77. The number of benzene rings is 1. The predicted molar refractivity (Wildman–Crippen MR) is 82.7 cm³/mol. The lowest BCUT2D eigenvalue weighted by Gasteiger charge is -2.26. The van der Waals surface area contributed by atoms with E-state index in [1.54, 1.807) is 0 Å². The Hall–Kier alpha value is -1.75. The molecule has 1 aromatic carbocycles. The molecule has 0 atom stereocenters. The molecule has 6 heteroatoms. The second kappa shape index (κ2) is 7.88. The fourth-order valence-electron chi connectivity index (χ4n) is 1.91. The summed E-state index contributed by atoms with van der Waals surface area (Å²) in [6.07, 6.45) is 0.460. The van der Waals surface area contributed by atoms with E-state index in [1.165, 1.54) is 0 Å². The number of hydrogen-bond acceptors (Lipinski definition) is 2. The van der Waals surface area contributed by atoms with Gasteiger partial charge in [-0.1, -0.05) is 43.6 Å². The van der Waals surface area contributed by atoms with E-state index in [1.807, 2.05) is 38.1 Å². The van der Waals surface area contributed by atoms with Crippen LogP contribution < -0.4 is 10.6 Å². The molecule has 21 heavy (non-hydrogen) atoms. The molecule has 5 nitrogen and oxygen atoms in total. The second-order valence-corrected chi connectivity index (χ2v) is 5.88. The molecule has 0 unspecified atom stereocenters. The minimum absolute atomic E-state index is 0.0470. The third-order valence-electron chi connectivity index (χ3n) is 3.15. The quantitative estimate of drug-likeness (QED) is 0.677. The number of amides is 2. The molecule has 0 radical (unpaired) electrons. The van der Waals surface area contributed by atoms with Gasteiger partial charge in [0.15, 0.2) is 0 Å². The number of carboxylic acid groups (broad SMARTS) is 1. The second-order valence-electron chi connectivity index (χ2n) is 5.47. The van der Waals surface area contributed by atoms with Crippen molar-refractivity contribution in [2.24, 2.45) is 0 Å². The van der Waals surface area contributed by atoms with Crippen LogP contribution in [0.5, 0.6) is 0 Å². The summed E-state index contributed by atoms with van der Waals surface area (Å²) in [5.41, 5.74) is 0.675. The van der Waals surface area contributed by atoms with E-state index in [-0.39, 0.29) is 17.9 Å². The van der Waals surface area contributed by atoms with E-state index in [2.05, 4.69) is 10.6 Å². The van der Waals surface area contributed by atoms with E-state index in [9.17, 15) is 9.59 Å². The number of aliphatic carboxylic acids is 1. The summed E-state index contributed by atoms with van der Waals surface area (Å²) in [5.74, 6) is -0.864. The van der Waals surface area contributed by atoms with E-state index < -0.39 is 5.97 Å². The molecule has 1 aromatic rings. The van der Waals surface area contributed by atoms with Crippen molar-refractivity contribution in [3.8, 4) is 0 Å². The molecule has 0 aliphatic carbocycles. The summed E-state index contributed by atoms with van der Waals surface area (Å²) >= 11 is 6.17. The van der Waals surface area contributed by atoms with Crippen LogP contribution in [0, 0.1) is 0 Å². The number of hydrogen-bond donors (Lipinski definition) is 3. The SMILES string of the molecule is CC(C)(CNC(=O)NCCCC(=O)O)c1ccccc1Cl. The number of halogens is 1. The molecule has 0 fully saturated rings. The van der Waals surface area contributed by atoms with Gasteiger partial charge in [-0.3, -0.25) is 4.79 Å². The first-order valence-corrected chi connectivity index (χ1v) is 7.19. The van der Waals surface area contributed by atoms with Crippen LogP contribution in [-0.4, -0.2) is 30.2 Å². The lowest BCUT2D eigenvalue weighted by molar-refractivity contribution is -0.137. The molecule has 0 saturated heterocycles. The van der Waals surface area contributed by atoms with Gasteiger partial charge < -0.3 is 15.7 Å². The smallest absolute Gasteiger partial charge is 0.314 e. The highest BCUT2D eigenvalue weighted by atomic mass is 35.5. The molecule has 0 spiro atoms. The standard InChI is InChI=1S/C15H21ClN2O3/c1-15(2,11-6-3-4-7-12(11)16)10-18-14(21)17-9-5-8-13(19)20/h3-4,6-7H,5,8-10H2,1-2H3,(H,19,20)(H2,17,18,21). The van der Waals surface area contributed by atoms with Crippen molar-refractivity contribution < 1.29 is 14.7 Å². The fourth-order valence-corrected chi connectivity index (χ4v) is 2.30. The average molecular weight is 313 g/mol. The molecule has 0 aliphatic rings. The van der Waals surface area contributed by atoms with Crippen molar-refractivity contribution >= 4 is 23.6 Å². The third-order valence-corrected chi connectivity index (χ3v) is 3.48. The van der Waals surface area contributed by atoms with Gasteiger partial charge in [0, 0.05) is 29.9 Å². The highest BCUT2D eigenvalue weighted by molar-refractivity contribution is 6.31. The van der Waals surface area contributed by atoms with Gasteiger partial charge in [-0.05, 0) is 18.1 Å². The minimum Gasteiger partial charge on any atom is -0.481 e.